The molecule has 0 saturated heterocycles. The van der Waals surface area contributed by atoms with Gasteiger partial charge in [0.2, 0.25) is 5.91 Å². The molecule has 0 radical (unpaired) electrons. The number of anilines is 1. The zero-order chi connectivity index (χ0) is 18.2. The number of hydrogen-bond donors (Lipinski definition) is 2. The summed E-state index contributed by atoms with van der Waals surface area (Å²) in [6.07, 6.45) is 0.637. The molecule has 2 aromatic rings. The quantitative estimate of drug-likeness (QED) is 0.752. The van der Waals surface area contributed by atoms with Crippen LogP contribution in [-0.2, 0) is 11.2 Å². The average Bonchev–Trinajstić information content (AvgIpc) is 2.62. The first-order valence-electron chi connectivity index (χ1n) is 7.70. The Morgan fingerprint density at radius 1 is 1.12 bits per heavy atom. The van der Waals surface area contributed by atoms with Crippen molar-refractivity contribution in [2.75, 3.05) is 32.6 Å². The summed E-state index contributed by atoms with van der Waals surface area (Å²) in [6, 6.07) is 9.73. The number of carbonyl (C=O) groups excluding carboxylic acids is 1. The van der Waals surface area contributed by atoms with Crippen LogP contribution in [0, 0.1) is 5.82 Å². The second kappa shape index (κ2) is 9.13. The van der Waals surface area contributed by atoms with Crippen molar-refractivity contribution in [3.63, 3.8) is 0 Å². The summed E-state index contributed by atoms with van der Waals surface area (Å²) >= 11 is 5.80. The highest BCUT2D eigenvalue weighted by molar-refractivity contribution is 6.30. The molecular formula is C18H20ClFN2O3. The summed E-state index contributed by atoms with van der Waals surface area (Å²) in [4.78, 5) is 11.9. The fourth-order valence-electron chi connectivity index (χ4n) is 2.25. The highest BCUT2D eigenvalue weighted by Gasteiger charge is 2.07. The van der Waals surface area contributed by atoms with Crippen LogP contribution in [0.3, 0.4) is 0 Å². The molecule has 0 aromatic heterocycles. The van der Waals surface area contributed by atoms with E-state index in [2.05, 4.69) is 10.6 Å². The molecule has 0 unspecified atom stereocenters. The molecule has 0 atom stereocenters. The first kappa shape index (κ1) is 18.9. The van der Waals surface area contributed by atoms with E-state index in [9.17, 15) is 9.18 Å². The summed E-state index contributed by atoms with van der Waals surface area (Å²) in [6.45, 7) is 0.414. The van der Waals surface area contributed by atoms with Crippen molar-refractivity contribution < 1.29 is 18.7 Å². The summed E-state index contributed by atoms with van der Waals surface area (Å²) in [5.41, 5.74) is 1.20. The van der Waals surface area contributed by atoms with Crippen LogP contribution in [0.5, 0.6) is 11.5 Å². The second-order valence-corrected chi connectivity index (χ2v) is 5.70. The van der Waals surface area contributed by atoms with Gasteiger partial charge in [0.15, 0.2) is 11.5 Å². The Morgan fingerprint density at radius 3 is 2.60 bits per heavy atom. The van der Waals surface area contributed by atoms with Gasteiger partial charge in [0.25, 0.3) is 0 Å². The SMILES string of the molecule is COc1ccc(CCNC(=O)CNc2cc(Cl)ccc2F)cc1OC. The van der Waals surface area contributed by atoms with Gasteiger partial charge in [-0.15, -0.1) is 0 Å². The lowest BCUT2D eigenvalue weighted by molar-refractivity contribution is -0.119. The maximum atomic E-state index is 13.6. The van der Waals surface area contributed by atoms with Gasteiger partial charge in [-0.25, -0.2) is 4.39 Å². The maximum Gasteiger partial charge on any atom is 0.239 e. The van der Waals surface area contributed by atoms with Crippen LogP contribution in [0.2, 0.25) is 5.02 Å². The molecular weight excluding hydrogens is 347 g/mol. The number of ether oxygens (including phenoxy) is 2. The van der Waals surface area contributed by atoms with Crippen LogP contribution >= 0.6 is 11.6 Å². The second-order valence-electron chi connectivity index (χ2n) is 5.27. The molecule has 0 fully saturated rings. The van der Waals surface area contributed by atoms with Gasteiger partial charge in [-0.3, -0.25) is 4.79 Å². The lowest BCUT2D eigenvalue weighted by atomic mass is 10.1. The molecule has 0 saturated carbocycles. The third-order valence-electron chi connectivity index (χ3n) is 3.55. The van der Waals surface area contributed by atoms with Crippen LogP contribution in [0.15, 0.2) is 36.4 Å². The van der Waals surface area contributed by atoms with Crippen molar-refractivity contribution in [3.8, 4) is 11.5 Å². The van der Waals surface area contributed by atoms with Gasteiger partial charge in [-0.05, 0) is 42.3 Å². The smallest absolute Gasteiger partial charge is 0.239 e. The molecule has 0 spiro atoms. The Bertz CT molecular complexity index is 740. The van der Waals surface area contributed by atoms with Crippen LogP contribution < -0.4 is 20.1 Å². The first-order valence-corrected chi connectivity index (χ1v) is 8.08. The summed E-state index contributed by atoms with van der Waals surface area (Å²) in [7, 11) is 3.15. The highest BCUT2D eigenvalue weighted by atomic mass is 35.5. The molecule has 0 aliphatic heterocycles. The Balaban J connectivity index is 1.79. The van der Waals surface area contributed by atoms with E-state index in [4.69, 9.17) is 21.1 Å². The molecule has 1 amide bonds. The number of halogens is 2. The minimum absolute atomic E-state index is 0.0385. The third-order valence-corrected chi connectivity index (χ3v) is 3.79. The van der Waals surface area contributed by atoms with E-state index >= 15 is 0 Å². The lowest BCUT2D eigenvalue weighted by Crippen LogP contribution is -2.31. The van der Waals surface area contributed by atoms with Crippen molar-refractivity contribution in [1.82, 2.24) is 5.32 Å². The monoisotopic (exact) mass is 366 g/mol. The van der Waals surface area contributed by atoms with Gasteiger partial charge in [0.05, 0.1) is 26.5 Å². The minimum Gasteiger partial charge on any atom is -0.493 e. The molecule has 2 aromatic carbocycles. The van der Waals surface area contributed by atoms with Gasteiger partial charge in [0, 0.05) is 11.6 Å². The summed E-state index contributed by atoms with van der Waals surface area (Å²) in [5, 5.41) is 5.90. The molecule has 0 aliphatic rings. The van der Waals surface area contributed by atoms with E-state index in [0.29, 0.717) is 29.5 Å². The van der Waals surface area contributed by atoms with E-state index < -0.39 is 5.82 Å². The van der Waals surface area contributed by atoms with Gasteiger partial charge in [-0.1, -0.05) is 17.7 Å². The van der Waals surface area contributed by atoms with Crippen molar-refractivity contribution in [2.24, 2.45) is 0 Å². The minimum atomic E-state index is -0.456. The molecule has 25 heavy (non-hydrogen) atoms. The van der Waals surface area contributed by atoms with E-state index in [1.165, 1.54) is 18.2 Å². The van der Waals surface area contributed by atoms with Gasteiger partial charge >= 0.3 is 0 Å². The van der Waals surface area contributed by atoms with Gasteiger partial charge in [-0.2, -0.15) is 0 Å². The number of carbonyl (C=O) groups is 1. The van der Waals surface area contributed by atoms with Crippen molar-refractivity contribution in [2.45, 2.75) is 6.42 Å². The van der Waals surface area contributed by atoms with Crippen LogP contribution in [-0.4, -0.2) is 33.2 Å². The zero-order valence-corrected chi connectivity index (χ0v) is 14.8. The molecule has 134 valence electrons. The number of methoxy groups -OCH3 is 2. The Hall–Kier alpha value is -2.47. The summed E-state index contributed by atoms with van der Waals surface area (Å²) in [5.74, 6) is 0.606. The topological polar surface area (TPSA) is 59.6 Å². The molecule has 2 N–H and O–H groups in total. The molecule has 0 heterocycles. The zero-order valence-electron chi connectivity index (χ0n) is 14.1. The molecule has 7 heteroatoms. The molecule has 0 bridgehead atoms. The van der Waals surface area contributed by atoms with E-state index in [1.54, 1.807) is 14.2 Å². The molecule has 2 rings (SSSR count). The first-order chi connectivity index (χ1) is 12.0. The fourth-order valence-corrected chi connectivity index (χ4v) is 2.43. The van der Waals surface area contributed by atoms with Crippen LogP contribution in [0.1, 0.15) is 5.56 Å². The van der Waals surface area contributed by atoms with Gasteiger partial charge < -0.3 is 20.1 Å². The van der Waals surface area contributed by atoms with Crippen LogP contribution in [0.4, 0.5) is 10.1 Å². The number of hydrogen-bond acceptors (Lipinski definition) is 4. The Morgan fingerprint density at radius 2 is 1.88 bits per heavy atom. The van der Waals surface area contributed by atoms with Crippen molar-refractivity contribution in [3.05, 3.63) is 52.8 Å². The number of benzene rings is 2. The third kappa shape index (κ3) is 5.53. The Labute approximate surface area is 151 Å². The number of rotatable bonds is 8. The highest BCUT2D eigenvalue weighted by Crippen LogP contribution is 2.27. The van der Waals surface area contributed by atoms with Crippen molar-refractivity contribution in [1.29, 1.82) is 0 Å². The fraction of sp³-hybridized carbons (Fsp3) is 0.278. The standard InChI is InChI=1S/C18H20ClFN2O3/c1-24-16-6-3-12(9-17(16)25-2)7-8-21-18(23)11-22-15-10-13(19)4-5-14(15)20/h3-6,9-10,22H,7-8,11H2,1-2H3,(H,21,23). The number of nitrogens with one attached hydrogen (secondary N) is 2. The van der Waals surface area contributed by atoms with E-state index in [1.807, 2.05) is 18.2 Å². The lowest BCUT2D eigenvalue weighted by Gasteiger charge is -2.11. The van der Waals surface area contributed by atoms with Crippen LogP contribution in [0.25, 0.3) is 0 Å². The maximum absolute atomic E-state index is 13.6. The largest absolute Gasteiger partial charge is 0.493 e. The predicted molar refractivity (Wildman–Crippen MR) is 96.2 cm³/mol. The molecule has 0 aliphatic carbocycles. The van der Waals surface area contributed by atoms with Gasteiger partial charge in [0.1, 0.15) is 5.82 Å². The van der Waals surface area contributed by atoms with E-state index in [-0.39, 0.29) is 18.1 Å². The predicted octanol–water partition coefficient (Wildman–Crippen LogP) is 3.27. The van der Waals surface area contributed by atoms with E-state index in [0.717, 1.165) is 5.56 Å². The number of amides is 1. The molecule has 5 nitrogen and oxygen atoms in total. The average molecular weight is 367 g/mol. The summed E-state index contributed by atoms with van der Waals surface area (Å²) < 4.78 is 24.0. The normalized spacial score (nSPS) is 10.2. The Kier molecular flexibility index (Phi) is 6.89. The van der Waals surface area contributed by atoms with Crippen molar-refractivity contribution >= 4 is 23.2 Å².